The Hall–Kier alpha value is -1.32. The molecule has 0 aliphatic carbocycles. The van der Waals surface area contributed by atoms with Crippen LogP contribution in [0.2, 0.25) is 0 Å². The maximum atomic E-state index is 9.10. The minimum absolute atomic E-state index is 0.0503. The summed E-state index contributed by atoms with van der Waals surface area (Å²) in [6, 6.07) is 4.45. The van der Waals surface area contributed by atoms with E-state index in [1.165, 1.54) is 0 Å². The molecule has 0 saturated carbocycles. The summed E-state index contributed by atoms with van der Waals surface area (Å²) in [5.41, 5.74) is 0. The second-order valence-corrected chi connectivity index (χ2v) is 5.32. The smallest absolute Gasteiger partial charge is 0.133 e. The third-order valence-corrected chi connectivity index (χ3v) is 4.09. The monoisotopic (exact) mass is 277 g/mol. The van der Waals surface area contributed by atoms with Crippen LogP contribution >= 0.6 is 11.8 Å². The number of hydrogen-bond acceptors (Lipinski definition) is 6. The summed E-state index contributed by atoms with van der Waals surface area (Å²) in [6.45, 7) is 5.75. The SMILES string of the molecule is CCC(C#N)N1CCN(c2cc(SC)ncn2)CC1. The van der Waals surface area contributed by atoms with E-state index in [1.807, 2.05) is 12.3 Å². The molecule has 1 aromatic rings. The van der Waals surface area contributed by atoms with E-state index in [0.717, 1.165) is 43.4 Å². The van der Waals surface area contributed by atoms with Crippen LogP contribution in [0.15, 0.2) is 17.4 Å². The summed E-state index contributed by atoms with van der Waals surface area (Å²) in [7, 11) is 0. The Morgan fingerprint density at radius 1 is 1.37 bits per heavy atom. The molecule has 2 heterocycles. The number of nitriles is 1. The van der Waals surface area contributed by atoms with Crippen molar-refractivity contribution < 1.29 is 0 Å². The first kappa shape index (κ1) is 14.1. The molecule has 1 unspecified atom stereocenters. The van der Waals surface area contributed by atoms with Crippen molar-refractivity contribution in [3.63, 3.8) is 0 Å². The standard InChI is InChI=1S/C13H19N5S/c1-3-11(9-14)17-4-6-18(7-5-17)12-8-13(19-2)16-10-15-12/h8,10-11H,3-7H2,1-2H3. The van der Waals surface area contributed by atoms with Gasteiger partial charge in [0.05, 0.1) is 12.1 Å². The van der Waals surface area contributed by atoms with Gasteiger partial charge in [-0.05, 0) is 12.7 Å². The Kier molecular flexibility index (Phi) is 5.00. The molecule has 1 atom stereocenters. The summed E-state index contributed by atoms with van der Waals surface area (Å²) in [4.78, 5) is 13.1. The molecule has 102 valence electrons. The van der Waals surface area contributed by atoms with Gasteiger partial charge in [0.1, 0.15) is 17.2 Å². The van der Waals surface area contributed by atoms with Crippen LogP contribution < -0.4 is 4.90 Å². The maximum Gasteiger partial charge on any atom is 0.133 e. The number of nitrogens with zero attached hydrogens (tertiary/aromatic N) is 5. The van der Waals surface area contributed by atoms with Crippen LogP contribution in [0.3, 0.4) is 0 Å². The van der Waals surface area contributed by atoms with Crippen molar-refractivity contribution in [2.45, 2.75) is 24.4 Å². The van der Waals surface area contributed by atoms with E-state index in [-0.39, 0.29) is 6.04 Å². The van der Waals surface area contributed by atoms with Gasteiger partial charge < -0.3 is 4.90 Å². The van der Waals surface area contributed by atoms with Crippen molar-refractivity contribution in [1.82, 2.24) is 14.9 Å². The fraction of sp³-hybridized carbons (Fsp3) is 0.615. The van der Waals surface area contributed by atoms with Gasteiger partial charge in [0.15, 0.2) is 0 Å². The van der Waals surface area contributed by atoms with Crippen molar-refractivity contribution >= 4 is 17.6 Å². The van der Waals surface area contributed by atoms with E-state index >= 15 is 0 Å². The average molecular weight is 277 g/mol. The second-order valence-electron chi connectivity index (χ2n) is 4.49. The third kappa shape index (κ3) is 3.37. The average Bonchev–Trinajstić information content (AvgIpc) is 2.49. The molecule has 0 amide bonds. The first-order valence-corrected chi connectivity index (χ1v) is 7.75. The van der Waals surface area contributed by atoms with Crippen LogP contribution in [0.4, 0.5) is 5.82 Å². The first-order valence-electron chi connectivity index (χ1n) is 6.53. The third-order valence-electron chi connectivity index (χ3n) is 3.45. The van der Waals surface area contributed by atoms with Gasteiger partial charge >= 0.3 is 0 Å². The highest BCUT2D eigenvalue weighted by molar-refractivity contribution is 7.98. The maximum absolute atomic E-state index is 9.10. The highest BCUT2D eigenvalue weighted by Gasteiger charge is 2.23. The predicted molar refractivity (Wildman–Crippen MR) is 77.3 cm³/mol. The van der Waals surface area contributed by atoms with E-state index in [9.17, 15) is 0 Å². The predicted octanol–water partition coefficient (Wildman–Crippen LogP) is 1.62. The van der Waals surface area contributed by atoms with Crippen molar-refractivity contribution in [3.05, 3.63) is 12.4 Å². The molecule has 6 heteroatoms. The summed E-state index contributed by atoms with van der Waals surface area (Å²) >= 11 is 1.63. The molecule has 0 bridgehead atoms. The molecule has 0 spiro atoms. The number of rotatable bonds is 4. The van der Waals surface area contributed by atoms with Crippen LogP contribution in [-0.4, -0.2) is 53.3 Å². The molecule has 19 heavy (non-hydrogen) atoms. The van der Waals surface area contributed by atoms with Gasteiger partial charge in [-0.3, -0.25) is 4.90 Å². The zero-order valence-electron chi connectivity index (χ0n) is 11.4. The molecule has 1 aromatic heterocycles. The van der Waals surface area contributed by atoms with Crippen LogP contribution in [0.25, 0.3) is 0 Å². The van der Waals surface area contributed by atoms with Gasteiger partial charge in [-0.15, -0.1) is 11.8 Å². The van der Waals surface area contributed by atoms with Crippen molar-refractivity contribution in [1.29, 1.82) is 5.26 Å². The van der Waals surface area contributed by atoms with Crippen LogP contribution in [0.5, 0.6) is 0 Å². The van der Waals surface area contributed by atoms with E-state index in [0.29, 0.717) is 0 Å². The first-order chi connectivity index (χ1) is 9.28. The van der Waals surface area contributed by atoms with Crippen molar-refractivity contribution in [2.24, 2.45) is 0 Å². The Labute approximate surface area is 118 Å². The normalized spacial score (nSPS) is 18.1. The lowest BCUT2D eigenvalue weighted by Crippen LogP contribution is -2.50. The largest absolute Gasteiger partial charge is 0.354 e. The van der Waals surface area contributed by atoms with Gasteiger partial charge in [-0.1, -0.05) is 6.92 Å². The van der Waals surface area contributed by atoms with E-state index in [2.05, 4.69) is 32.8 Å². The van der Waals surface area contributed by atoms with Crippen molar-refractivity contribution in [2.75, 3.05) is 37.3 Å². The van der Waals surface area contributed by atoms with Crippen LogP contribution in [0, 0.1) is 11.3 Å². The number of thioether (sulfide) groups is 1. The summed E-state index contributed by atoms with van der Waals surface area (Å²) < 4.78 is 0. The summed E-state index contributed by atoms with van der Waals surface area (Å²) in [6.07, 6.45) is 4.53. The molecule has 2 rings (SSSR count). The van der Waals surface area contributed by atoms with Crippen LogP contribution in [0.1, 0.15) is 13.3 Å². The Morgan fingerprint density at radius 3 is 2.68 bits per heavy atom. The summed E-state index contributed by atoms with van der Waals surface area (Å²) in [5, 5.41) is 10.1. The molecule has 0 N–H and O–H groups in total. The van der Waals surface area contributed by atoms with E-state index in [1.54, 1.807) is 18.1 Å². The van der Waals surface area contributed by atoms with Gasteiger partial charge in [0, 0.05) is 32.2 Å². The molecule has 0 aromatic carbocycles. The fourth-order valence-electron chi connectivity index (χ4n) is 2.31. The second kappa shape index (κ2) is 6.73. The van der Waals surface area contributed by atoms with Gasteiger partial charge in [-0.25, -0.2) is 9.97 Å². The quantitative estimate of drug-likeness (QED) is 0.616. The molecule has 1 saturated heterocycles. The molecule has 1 aliphatic heterocycles. The summed E-state index contributed by atoms with van der Waals surface area (Å²) in [5.74, 6) is 0.990. The van der Waals surface area contributed by atoms with Crippen LogP contribution in [-0.2, 0) is 0 Å². The van der Waals surface area contributed by atoms with Gasteiger partial charge in [0.25, 0.3) is 0 Å². The number of hydrogen-bond donors (Lipinski definition) is 0. The number of anilines is 1. The zero-order chi connectivity index (χ0) is 13.7. The Balaban J connectivity index is 1.98. The molecule has 5 nitrogen and oxygen atoms in total. The number of aromatic nitrogens is 2. The molecule has 1 fully saturated rings. The van der Waals surface area contributed by atoms with Gasteiger partial charge in [-0.2, -0.15) is 5.26 Å². The van der Waals surface area contributed by atoms with Gasteiger partial charge in [0.2, 0.25) is 0 Å². The lowest BCUT2D eigenvalue weighted by Gasteiger charge is -2.37. The number of piperazine rings is 1. The molecular weight excluding hydrogens is 258 g/mol. The van der Waals surface area contributed by atoms with E-state index < -0.39 is 0 Å². The fourth-order valence-corrected chi connectivity index (χ4v) is 2.68. The van der Waals surface area contributed by atoms with E-state index in [4.69, 9.17) is 5.26 Å². The Morgan fingerprint density at radius 2 is 2.11 bits per heavy atom. The molecule has 0 radical (unpaired) electrons. The molecular formula is C13H19N5S. The van der Waals surface area contributed by atoms with Crippen molar-refractivity contribution in [3.8, 4) is 6.07 Å². The highest BCUT2D eigenvalue weighted by atomic mass is 32.2. The minimum Gasteiger partial charge on any atom is -0.354 e. The lowest BCUT2D eigenvalue weighted by atomic mass is 10.2. The zero-order valence-corrected chi connectivity index (χ0v) is 12.2. The molecule has 1 aliphatic rings. The topological polar surface area (TPSA) is 56.1 Å². The lowest BCUT2D eigenvalue weighted by molar-refractivity contribution is 0.216. The minimum atomic E-state index is 0.0503. The highest BCUT2D eigenvalue weighted by Crippen LogP contribution is 2.19. The Bertz CT molecular complexity index is 451.